The Kier molecular flexibility index (Phi) is 5.77. The molecule has 0 atom stereocenters. The van der Waals surface area contributed by atoms with E-state index in [-0.39, 0.29) is 11.5 Å². The summed E-state index contributed by atoms with van der Waals surface area (Å²) in [6, 6.07) is 27.9. The lowest BCUT2D eigenvalue weighted by atomic mass is 10.1. The number of aromatic nitrogens is 4. The molecule has 0 spiro atoms. The van der Waals surface area contributed by atoms with Crippen LogP contribution in [0.15, 0.2) is 102 Å². The minimum Gasteiger partial charge on any atom is -0.297 e. The van der Waals surface area contributed by atoms with Crippen LogP contribution >= 0.6 is 11.8 Å². The Balaban J connectivity index is 1.41. The summed E-state index contributed by atoms with van der Waals surface area (Å²) >= 11 is 1.41. The number of Topliss-reactive ketones (excluding diaryl/α,β-unsaturated/α-hetero) is 1. The monoisotopic (exact) mass is 436 g/mol. The van der Waals surface area contributed by atoms with Crippen LogP contribution in [0.1, 0.15) is 15.9 Å². The van der Waals surface area contributed by atoms with Gasteiger partial charge in [0.15, 0.2) is 16.8 Å². The van der Waals surface area contributed by atoms with Crippen molar-refractivity contribution in [2.75, 3.05) is 5.75 Å². The molecule has 0 saturated heterocycles. The van der Waals surface area contributed by atoms with Crippen LogP contribution in [0, 0.1) is 0 Å². The van der Waals surface area contributed by atoms with Crippen LogP contribution in [0.5, 0.6) is 0 Å². The largest absolute Gasteiger partial charge is 0.297 e. The first-order valence-corrected chi connectivity index (χ1v) is 11.3. The van der Waals surface area contributed by atoms with E-state index < -0.39 is 0 Å². The summed E-state index contributed by atoms with van der Waals surface area (Å²) in [5.41, 5.74) is 2.74. The molecule has 0 fully saturated rings. The molecule has 156 valence electrons. The number of nitrogens with zero attached hydrogens (tertiary/aromatic N) is 4. The van der Waals surface area contributed by atoms with E-state index in [2.05, 4.69) is 27.3 Å². The summed E-state index contributed by atoms with van der Waals surface area (Å²) in [5.74, 6) is 1.10. The molecule has 0 aliphatic heterocycles. The third-order valence-corrected chi connectivity index (χ3v) is 6.19. The number of rotatable bonds is 7. The van der Waals surface area contributed by atoms with Crippen molar-refractivity contribution in [3.8, 4) is 11.4 Å². The summed E-state index contributed by atoms with van der Waals surface area (Å²) in [7, 11) is 0. The third-order valence-electron chi connectivity index (χ3n) is 5.22. The molecular weight excluding hydrogens is 416 g/mol. The average Bonchev–Trinajstić information content (AvgIpc) is 3.25. The van der Waals surface area contributed by atoms with E-state index in [0.29, 0.717) is 17.3 Å². The van der Waals surface area contributed by atoms with Gasteiger partial charge in [-0.3, -0.25) is 14.3 Å². The molecule has 5 nitrogen and oxygen atoms in total. The van der Waals surface area contributed by atoms with Gasteiger partial charge in [0.25, 0.3) is 0 Å². The van der Waals surface area contributed by atoms with Gasteiger partial charge in [-0.1, -0.05) is 78.5 Å². The van der Waals surface area contributed by atoms with Gasteiger partial charge in [0, 0.05) is 23.5 Å². The zero-order valence-corrected chi connectivity index (χ0v) is 18.1. The minimum atomic E-state index is 0.0675. The smallest absolute Gasteiger partial charge is 0.192 e. The Labute approximate surface area is 190 Å². The van der Waals surface area contributed by atoms with Crippen molar-refractivity contribution in [3.63, 3.8) is 0 Å². The first-order chi connectivity index (χ1) is 15.8. The van der Waals surface area contributed by atoms with Gasteiger partial charge in [-0.2, -0.15) is 0 Å². The van der Waals surface area contributed by atoms with Crippen molar-refractivity contribution >= 4 is 28.3 Å². The highest BCUT2D eigenvalue weighted by Gasteiger charge is 2.17. The highest BCUT2D eigenvalue weighted by Crippen LogP contribution is 2.26. The summed E-state index contributed by atoms with van der Waals surface area (Å²) in [6.07, 6.45) is 3.51. The van der Waals surface area contributed by atoms with E-state index in [0.717, 1.165) is 27.7 Å². The first kappa shape index (κ1) is 20.2. The van der Waals surface area contributed by atoms with Crippen molar-refractivity contribution < 1.29 is 4.79 Å². The molecule has 6 heteroatoms. The maximum absolute atomic E-state index is 12.9. The lowest BCUT2D eigenvalue weighted by molar-refractivity contribution is 0.102. The Morgan fingerprint density at radius 1 is 0.844 bits per heavy atom. The van der Waals surface area contributed by atoms with Crippen LogP contribution in [-0.4, -0.2) is 31.3 Å². The summed E-state index contributed by atoms with van der Waals surface area (Å²) < 4.78 is 2.05. The zero-order chi connectivity index (χ0) is 21.8. The number of ketones is 1. The molecule has 0 bridgehead atoms. The minimum absolute atomic E-state index is 0.0675. The van der Waals surface area contributed by atoms with Crippen molar-refractivity contribution in [1.29, 1.82) is 0 Å². The van der Waals surface area contributed by atoms with Gasteiger partial charge in [-0.25, -0.2) is 0 Å². The second-order valence-electron chi connectivity index (χ2n) is 7.39. The van der Waals surface area contributed by atoms with Crippen LogP contribution in [0.4, 0.5) is 0 Å². The second kappa shape index (κ2) is 9.16. The molecule has 3 aromatic carbocycles. The predicted octanol–water partition coefficient (Wildman–Crippen LogP) is 5.52. The summed E-state index contributed by atoms with van der Waals surface area (Å²) in [5, 5.41) is 11.7. The quantitative estimate of drug-likeness (QED) is 0.248. The lowest BCUT2D eigenvalue weighted by Gasteiger charge is -2.10. The number of pyridine rings is 1. The molecule has 0 unspecified atom stereocenters. The molecule has 0 aliphatic rings. The Hall–Kier alpha value is -3.77. The number of hydrogen-bond acceptors (Lipinski definition) is 5. The van der Waals surface area contributed by atoms with Crippen molar-refractivity contribution in [1.82, 2.24) is 19.7 Å². The fourth-order valence-electron chi connectivity index (χ4n) is 3.59. The summed E-state index contributed by atoms with van der Waals surface area (Å²) in [6.45, 7) is 0.616. The Bertz CT molecular complexity index is 1370. The lowest BCUT2D eigenvalue weighted by Crippen LogP contribution is -2.07. The van der Waals surface area contributed by atoms with Gasteiger partial charge in [0.2, 0.25) is 0 Å². The summed E-state index contributed by atoms with van der Waals surface area (Å²) in [4.78, 5) is 17.1. The van der Waals surface area contributed by atoms with Crippen molar-refractivity contribution in [2.45, 2.75) is 11.7 Å². The van der Waals surface area contributed by atoms with E-state index in [9.17, 15) is 4.79 Å². The maximum Gasteiger partial charge on any atom is 0.192 e. The number of hydrogen-bond donors (Lipinski definition) is 0. The standard InChI is InChI=1S/C26H20N4OS/c31-24(22-13-12-20-9-4-5-10-21(20)15-22)18-32-26-29-28-25(23-11-6-14-27-16-23)30(26)17-19-7-2-1-3-8-19/h1-16H,17-18H2. The average molecular weight is 437 g/mol. The molecule has 0 N–H and O–H groups in total. The van der Waals surface area contributed by atoms with Crippen LogP contribution < -0.4 is 0 Å². The second-order valence-corrected chi connectivity index (χ2v) is 8.34. The Morgan fingerprint density at radius 3 is 2.47 bits per heavy atom. The molecule has 5 rings (SSSR count). The fraction of sp³-hybridized carbons (Fsp3) is 0.0769. The van der Waals surface area contributed by atoms with Crippen molar-refractivity contribution in [2.24, 2.45) is 0 Å². The van der Waals surface area contributed by atoms with Gasteiger partial charge < -0.3 is 0 Å². The van der Waals surface area contributed by atoms with Crippen LogP contribution in [0.25, 0.3) is 22.2 Å². The predicted molar refractivity (Wildman–Crippen MR) is 128 cm³/mol. The molecule has 0 radical (unpaired) electrons. The van der Waals surface area contributed by atoms with Gasteiger partial charge >= 0.3 is 0 Å². The molecule has 0 aliphatic carbocycles. The normalized spacial score (nSPS) is 11.0. The number of benzene rings is 3. The third kappa shape index (κ3) is 4.31. The van der Waals surface area contributed by atoms with Gasteiger partial charge in [0.05, 0.1) is 12.3 Å². The van der Waals surface area contributed by atoms with Crippen LogP contribution in [0.3, 0.4) is 0 Å². The molecule has 0 amide bonds. The maximum atomic E-state index is 12.9. The van der Waals surface area contributed by atoms with Crippen molar-refractivity contribution in [3.05, 3.63) is 108 Å². The zero-order valence-electron chi connectivity index (χ0n) is 17.3. The topological polar surface area (TPSA) is 60.7 Å². The van der Waals surface area contributed by atoms with E-state index in [1.165, 1.54) is 11.8 Å². The molecule has 5 aromatic rings. The molecule has 32 heavy (non-hydrogen) atoms. The molecule has 2 heterocycles. The first-order valence-electron chi connectivity index (χ1n) is 10.3. The van der Waals surface area contributed by atoms with Gasteiger partial charge in [0.1, 0.15) is 0 Å². The van der Waals surface area contributed by atoms with Crippen LogP contribution in [0.2, 0.25) is 0 Å². The number of carbonyl (C=O) groups excluding carboxylic acids is 1. The van der Waals surface area contributed by atoms with E-state index in [4.69, 9.17) is 0 Å². The SMILES string of the molecule is O=C(CSc1nnc(-c2cccnc2)n1Cc1ccccc1)c1ccc2ccccc2c1. The molecular formula is C26H20N4OS. The highest BCUT2D eigenvalue weighted by molar-refractivity contribution is 7.99. The fourth-order valence-corrected chi connectivity index (χ4v) is 4.42. The van der Waals surface area contributed by atoms with Gasteiger partial charge in [-0.15, -0.1) is 10.2 Å². The van der Waals surface area contributed by atoms with Gasteiger partial charge in [-0.05, 0) is 34.5 Å². The van der Waals surface area contributed by atoms with Crippen LogP contribution in [-0.2, 0) is 6.54 Å². The number of fused-ring (bicyclic) bond motifs is 1. The van der Waals surface area contributed by atoms with E-state index >= 15 is 0 Å². The Morgan fingerprint density at radius 2 is 1.66 bits per heavy atom. The van der Waals surface area contributed by atoms with E-state index in [1.807, 2.05) is 77.4 Å². The number of thioether (sulfide) groups is 1. The highest BCUT2D eigenvalue weighted by atomic mass is 32.2. The molecule has 0 saturated carbocycles. The number of carbonyl (C=O) groups is 1. The molecule has 2 aromatic heterocycles. The van der Waals surface area contributed by atoms with E-state index in [1.54, 1.807) is 12.4 Å².